The van der Waals surface area contributed by atoms with Gasteiger partial charge in [-0.2, -0.15) is 0 Å². The van der Waals surface area contributed by atoms with Crippen LogP contribution in [0.2, 0.25) is 0 Å². The van der Waals surface area contributed by atoms with Gasteiger partial charge in [-0.25, -0.2) is 0 Å². The predicted molar refractivity (Wildman–Crippen MR) is 82.8 cm³/mol. The van der Waals surface area contributed by atoms with Crippen LogP contribution >= 0.6 is 0 Å². The minimum atomic E-state index is 0.00921. The molecule has 2 amide bonds. The third-order valence-electron chi connectivity index (χ3n) is 3.61. The summed E-state index contributed by atoms with van der Waals surface area (Å²) in [5.41, 5.74) is 7.55. The molecule has 1 heterocycles. The van der Waals surface area contributed by atoms with Crippen LogP contribution in [0.4, 0.5) is 5.69 Å². The second kappa shape index (κ2) is 7.22. The van der Waals surface area contributed by atoms with Crippen molar-refractivity contribution < 1.29 is 9.59 Å². The minimum absolute atomic E-state index is 0.00921. The molecule has 2 rings (SSSR count). The van der Waals surface area contributed by atoms with Crippen molar-refractivity contribution in [2.75, 3.05) is 11.4 Å². The first-order chi connectivity index (χ1) is 10.1. The minimum Gasteiger partial charge on any atom is -0.352 e. The number of nitrogens with two attached hydrogens (primary N) is 1. The summed E-state index contributed by atoms with van der Waals surface area (Å²) in [4.78, 5) is 25.2. The van der Waals surface area contributed by atoms with E-state index in [4.69, 9.17) is 5.73 Å². The van der Waals surface area contributed by atoms with E-state index in [2.05, 4.69) is 5.32 Å². The summed E-state index contributed by atoms with van der Waals surface area (Å²) in [6.45, 7) is 3.15. The van der Waals surface area contributed by atoms with Crippen molar-refractivity contribution in [2.45, 2.75) is 45.2 Å². The fourth-order valence-corrected chi connectivity index (χ4v) is 2.40. The zero-order valence-corrected chi connectivity index (χ0v) is 12.5. The summed E-state index contributed by atoms with van der Waals surface area (Å²) >= 11 is 0. The first-order valence-corrected chi connectivity index (χ1v) is 7.48. The Morgan fingerprint density at radius 3 is 2.95 bits per heavy atom. The summed E-state index contributed by atoms with van der Waals surface area (Å²) < 4.78 is 0. The Kier molecular flexibility index (Phi) is 5.33. The van der Waals surface area contributed by atoms with Crippen LogP contribution in [0.1, 0.15) is 38.2 Å². The van der Waals surface area contributed by atoms with E-state index in [1.807, 2.05) is 31.2 Å². The number of nitrogens with zero attached hydrogens (tertiary/aromatic N) is 1. The van der Waals surface area contributed by atoms with E-state index in [0.717, 1.165) is 24.2 Å². The van der Waals surface area contributed by atoms with Crippen LogP contribution in [0.3, 0.4) is 0 Å². The summed E-state index contributed by atoms with van der Waals surface area (Å²) in [7, 11) is 0. The van der Waals surface area contributed by atoms with Crippen molar-refractivity contribution in [3.8, 4) is 0 Å². The molecule has 21 heavy (non-hydrogen) atoms. The normalized spacial score (nSPS) is 16.1. The quantitative estimate of drug-likeness (QED) is 0.834. The summed E-state index contributed by atoms with van der Waals surface area (Å²) in [5, 5.41) is 2.89. The average molecular weight is 289 g/mol. The summed E-state index contributed by atoms with van der Waals surface area (Å²) in [5.74, 6) is 0.183. The zero-order chi connectivity index (χ0) is 15.2. The molecule has 0 aromatic heterocycles. The summed E-state index contributed by atoms with van der Waals surface area (Å²) in [6, 6.07) is 7.82. The molecule has 1 aromatic carbocycles. The molecule has 1 fully saturated rings. The molecule has 1 unspecified atom stereocenters. The lowest BCUT2D eigenvalue weighted by Crippen LogP contribution is -2.26. The number of rotatable bonds is 6. The number of carbonyl (C=O) groups is 2. The van der Waals surface area contributed by atoms with Gasteiger partial charge in [0.05, 0.1) is 0 Å². The SMILES string of the molecule is CC(N)CCC(=O)NCc1cccc(N2CCCC2=O)c1. The lowest BCUT2D eigenvalue weighted by atomic mass is 10.1. The molecule has 1 aromatic rings. The average Bonchev–Trinajstić information content (AvgIpc) is 2.89. The van der Waals surface area contributed by atoms with Gasteiger partial charge in [-0.05, 0) is 37.5 Å². The van der Waals surface area contributed by atoms with E-state index in [1.165, 1.54) is 0 Å². The third-order valence-corrected chi connectivity index (χ3v) is 3.61. The van der Waals surface area contributed by atoms with E-state index in [-0.39, 0.29) is 17.9 Å². The fourth-order valence-electron chi connectivity index (χ4n) is 2.40. The van der Waals surface area contributed by atoms with Crippen molar-refractivity contribution in [1.82, 2.24) is 5.32 Å². The van der Waals surface area contributed by atoms with Crippen molar-refractivity contribution in [3.05, 3.63) is 29.8 Å². The molecule has 0 aliphatic carbocycles. The van der Waals surface area contributed by atoms with Crippen molar-refractivity contribution >= 4 is 17.5 Å². The molecule has 1 aliphatic heterocycles. The van der Waals surface area contributed by atoms with E-state index < -0.39 is 0 Å². The van der Waals surface area contributed by atoms with Gasteiger partial charge >= 0.3 is 0 Å². The maximum absolute atomic E-state index is 11.7. The van der Waals surface area contributed by atoms with Gasteiger partial charge < -0.3 is 16.0 Å². The molecule has 0 saturated carbocycles. The molecular weight excluding hydrogens is 266 g/mol. The smallest absolute Gasteiger partial charge is 0.227 e. The molecule has 0 radical (unpaired) electrons. The molecule has 5 heteroatoms. The molecule has 0 spiro atoms. The Labute approximate surface area is 125 Å². The van der Waals surface area contributed by atoms with E-state index >= 15 is 0 Å². The zero-order valence-electron chi connectivity index (χ0n) is 12.5. The molecule has 5 nitrogen and oxygen atoms in total. The molecule has 0 bridgehead atoms. The van der Waals surface area contributed by atoms with E-state index in [0.29, 0.717) is 25.8 Å². The van der Waals surface area contributed by atoms with Gasteiger partial charge in [-0.1, -0.05) is 12.1 Å². The highest BCUT2D eigenvalue weighted by Crippen LogP contribution is 2.22. The van der Waals surface area contributed by atoms with Crippen LogP contribution < -0.4 is 16.0 Å². The van der Waals surface area contributed by atoms with Crippen LogP contribution in [-0.2, 0) is 16.1 Å². The standard InChI is InChI=1S/C16H23N3O2/c1-12(17)7-8-15(20)18-11-13-4-2-5-14(10-13)19-9-3-6-16(19)21/h2,4-5,10,12H,3,6-9,11,17H2,1H3,(H,18,20). The maximum Gasteiger partial charge on any atom is 0.227 e. The van der Waals surface area contributed by atoms with Gasteiger partial charge in [-0.15, -0.1) is 0 Å². The Morgan fingerprint density at radius 1 is 1.48 bits per heavy atom. The third kappa shape index (κ3) is 4.56. The van der Waals surface area contributed by atoms with Gasteiger partial charge in [0.1, 0.15) is 0 Å². The van der Waals surface area contributed by atoms with Gasteiger partial charge in [0, 0.05) is 37.7 Å². The Balaban J connectivity index is 1.89. The Hall–Kier alpha value is -1.88. The highest BCUT2D eigenvalue weighted by Gasteiger charge is 2.21. The molecule has 3 N–H and O–H groups in total. The Bertz CT molecular complexity index is 514. The summed E-state index contributed by atoms with van der Waals surface area (Å²) in [6.07, 6.45) is 2.67. The van der Waals surface area contributed by atoms with Crippen molar-refractivity contribution in [2.24, 2.45) is 5.73 Å². The van der Waals surface area contributed by atoms with Gasteiger partial charge in [0.25, 0.3) is 0 Å². The van der Waals surface area contributed by atoms with Crippen LogP contribution in [0, 0.1) is 0 Å². The van der Waals surface area contributed by atoms with E-state index in [9.17, 15) is 9.59 Å². The number of anilines is 1. The van der Waals surface area contributed by atoms with Gasteiger partial charge in [0.2, 0.25) is 11.8 Å². The second-order valence-corrected chi connectivity index (χ2v) is 5.61. The van der Waals surface area contributed by atoms with Crippen LogP contribution in [-0.4, -0.2) is 24.4 Å². The van der Waals surface area contributed by atoms with Crippen LogP contribution in [0.15, 0.2) is 24.3 Å². The first kappa shape index (κ1) is 15.5. The number of nitrogens with one attached hydrogen (secondary N) is 1. The number of benzene rings is 1. The maximum atomic E-state index is 11.7. The molecule has 1 atom stereocenters. The number of hydrogen-bond donors (Lipinski definition) is 2. The predicted octanol–water partition coefficient (Wildman–Crippen LogP) is 1.56. The van der Waals surface area contributed by atoms with Gasteiger partial charge in [-0.3, -0.25) is 9.59 Å². The number of carbonyl (C=O) groups excluding carboxylic acids is 2. The Morgan fingerprint density at radius 2 is 2.29 bits per heavy atom. The number of amides is 2. The lowest BCUT2D eigenvalue weighted by Gasteiger charge is -2.16. The van der Waals surface area contributed by atoms with Crippen molar-refractivity contribution in [1.29, 1.82) is 0 Å². The highest BCUT2D eigenvalue weighted by molar-refractivity contribution is 5.95. The second-order valence-electron chi connectivity index (χ2n) is 5.61. The largest absolute Gasteiger partial charge is 0.352 e. The van der Waals surface area contributed by atoms with Gasteiger partial charge in [0.15, 0.2) is 0 Å². The lowest BCUT2D eigenvalue weighted by molar-refractivity contribution is -0.121. The highest BCUT2D eigenvalue weighted by atomic mass is 16.2. The van der Waals surface area contributed by atoms with Crippen molar-refractivity contribution in [3.63, 3.8) is 0 Å². The molecule has 114 valence electrons. The monoisotopic (exact) mass is 289 g/mol. The fraction of sp³-hybridized carbons (Fsp3) is 0.500. The number of hydrogen-bond acceptors (Lipinski definition) is 3. The molecule has 1 saturated heterocycles. The molecular formula is C16H23N3O2. The van der Waals surface area contributed by atoms with Crippen LogP contribution in [0.5, 0.6) is 0 Å². The topological polar surface area (TPSA) is 75.4 Å². The first-order valence-electron chi connectivity index (χ1n) is 7.48. The van der Waals surface area contributed by atoms with E-state index in [1.54, 1.807) is 4.90 Å². The van der Waals surface area contributed by atoms with Crippen LogP contribution in [0.25, 0.3) is 0 Å². The molecule has 1 aliphatic rings.